The normalized spacial score (nSPS) is 21.6. The summed E-state index contributed by atoms with van der Waals surface area (Å²) in [6, 6.07) is 0. The van der Waals surface area contributed by atoms with Crippen LogP contribution in [-0.2, 0) is 4.79 Å². The lowest BCUT2D eigenvalue weighted by molar-refractivity contribution is -0.122. The molecule has 0 saturated heterocycles. The molecular formula is C14H20O. The average molecular weight is 204 g/mol. The summed E-state index contributed by atoms with van der Waals surface area (Å²) in [6.45, 7) is 3.67. The van der Waals surface area contributed by atoms with Gasteiger partial charge in [0.2, 0.25) is 0 Å². The van der Waals surface area contributed by atoms with Crippen LogP contribution >= 0.6 is 0 Å². The zero-order chi connectivity index (χ0) is 10.7. The molecule has 0 spiro atoms. The predicted molar refractivity (Wildman–Crippen MR) is 62.7 cm³/mol. The van der Waals surface area contributed by atoms with Crippen LogP contribution in [0.5, 0.6) is 0 Å². The van der Waals surface area contributed by atoms with Gasteiger partial charge < -0.3 is 0 Å². The van der Waals surface area contributed by atoms with E-state index in [-0.39, 0.29) is 0 Å². The maximum absolute atomic E-state index is 11.9. The minimum absolute atomic E-state index is 0.327. The summed E-state index contributed by atoms with van der Waals surface area (Å²) in [5.41, 5.74) is 3.25. The Bertz CT molecular complexity index is 280. The van der Waals surface area contributed by atoms with E-state index in [0.717, 1.165) is 19.3 Å². The van der Waals surface area contributed by atoms with Crippen molar-refractivity contribution in [3.05, 3.63) is 23.8 Å². The number of rotatable bonds is 4. The van der Waals surface area contributed by atoms with Gasteiger partial charge in [-0.2, -0.15) is 0 Å². The highest BCUT2D eigenvalue weighted by atomic mass is 16.1. The maximum Gasteiger partial charge on any atom is 0.136 e. The fourth-order valence-electron chi connectivity index (χ4n) is 2.87. The predicted octanol–water partition coefficient (Wildman–Crippen LogP) is 3.80. The van der Waals surface area contributed by atoms with Gasteiger partial charge >= 0.3 is 0 Å². The minimum Gasteiger partial charge on any atom is -0.299 e. The molecular weight excluding hydrogens is 184 g/mol. The molecule has 82 valence electrons. The summed E-state index contributed by atoms with van der Waals surface area (Å²) < 4.78 is 0. The van der Waals surface area contributed by atoms with Crippen LogP contribution in [0.15, 0.2) is 23.8 Å². The highest BCUT2D eigenvalue weighted by Crippen LogP contribution is 2.40. The first kappa shape index (κ1) is 10.7. The number of ketones is 1. The van der Waals surface area contributed by atoms with Gasteiger partial charge in [0, 0.05) is 12.3 Å². The lowest BCUT2D eigenvalue weighted by Crippen LogP contribution is -2.11. The van der Waals surface area contributed by atoms with Crippen LogP contribution in [0.2, 0.25) is 0 Å². The van der Waals surface area contributed by atoms with Gasteiger partial charge in [-0.15, -0.1) is 6.58 Å². The molecule has 0 N–H and O–H groups in total. The smallest absolute Gasteiger partial charge is 0.136 e. The molecule has 1 heteroatoms. The Hall–Kier alpha value is -0.850. The van der Waals surface area contributed by atoms with E-state index in [4.69, 9.17) is 0 Å². The third-order valence-electron chi connectivity index (χ3n) is 3.74. The first-order valence-electron chi connectivity index (χ1n) is 6.14. The fraction of sp³-hybridized carbons (Fsp3) is 0.643. The molecule has 0 aromatic carbocycles. The number of hydrogen-bond acceptors (Lipinski definition) is 1. The van der Waals surface area contributed by atoms with E-state index in [1.807, 2.05) is 6.08 Å². The van der Waals surface area contributed by atoms with Crippen molar-refractivity contribution < 1.29 is 4.79 Å². The molecule has 0 atom stereocenters. The third kappa shape index (κ3) is 2.39. The van der Waals surface area contributed by atoms with Crippen LogP contribution in [0.25, 0.3) is 0 Å². The quantitative estimate of drug-likeness (QED) is 0.636. The van der Waals surface area contributed by atoms with E-state index in [9.17, 15) is 4.79 Å². The van der Waals surface area contributed by atoms with Gasteiger partial charge in [0.1, 0.15) is 5.78 Å². The van der Waals surface area contributed by atoms with Gasteiger partial charge in [-0.25, -0.2) is 0 Å². The molecule has 2 aliphatic rings. The second kappa shape index (κ2) is 4.78. The van der Waals surface area contributed by atoms with E-state index < -0.39 is 0 Å². The molecule has 0 aromatic rings. The number of carbonyl (C=O) groups is 1. The second-order valence-electron chi connectivity index (χ2n) is 4.81. The molecule has 0 saturated carbocycles. The number of carbonyl (C=O) groups excluding carboxylic acids is 1. The van der Waals surface area contributed by atoms with Gasteiger partial charge in [0.15, 0.2) is 0 Å². The molecule has 0 aromatic heterocycles. The molecule has 0 fully saturated rings. The van der Waals surface area contributed by atoms with E-state index in [1.54, 1.807) is 11.1 Å². The Labute approximate surface area is 92.3 Å². The van der Waals surface area contributed by atoms with Crippen molar-refractivity contribution in [2.75, 3.05) is 0 Å². The number of Topliss-reactive ketones (excluding diaryl/α,β-unsaturated/α-hetero) is 1. The van der Waals surface area contributed by atoms with Crippen molar-refractivity contribution in [1.29, 1.82) is 0 Å². The molecule has 0 heterocycles. The van der Waals surface area contributed by atoms with Crippen LogP contribution in [0.1, 0.15) is 51.4 Å². The van der Waals surface area contributed by atoms with Crippen molar-refractivity contribution in [2.24, 2.45) is 5.92 Å². The highest BCUT2D eigenvalue weighted by molar-refractivity contribution is 5.82. The standard InChI is InChI=1S/C14H20O/c1-2-3-8-14(15)13-9-11-6-4-5-7-12(11)10-13/h2,13H,1,3-10H2. The summed E-state index contributed by atoms with van der Waals surface area (Å²) in [5.74, 6) is 0.789. The molecule has 0 aliphatic heterocycles. The largest absolute Gasteiger partial charge is 0.299 e. The highest BCUT2D eigenvalue weighted by Gasteiger charge is 2.29. The summed E-state index contributed by atoms with van der Waals surface area (Å²) in [4.78, 5) is 11.9. The molecule has 0 radical (unpaired) electrons. The number of hydrogen-bond donors (Lipinski definition) is 0. The first-order valence-corrected chi connectivity index (χ1v) is 6.14. The molecule has 0 amide bonds. The molecule has 2 aliphatic carbocycles. The van der Waals surface area contributed by atoms with E-state index in [2.05, 4.69) is 6.58 Å². The second-order valence-corrected chi connectivity index (χ2v) is 4.81. The minimum atomic E-state index is 0.327. The summed E-state index contributed by atoms with van der Waals surface area (Å²) in [7, 11) is 0. The summed E-state index contributed by atoms with van der Waals surface area (Å²) in [5, 5.41) is 0. The van der Waals surface area contributed by atoms with Crippen LogP contribution in [0, 0.1) is 5.92 Å². The van der Waals surface area contributed by atoms with Crippen molar-refractivity contribution in [1.82, 2.24) is 0 Å². The topological polar surface area (TPSA) is 17.1 Å². The first-order chi connectivity index (χ1) is 7.31. The van der Waals surface area contributed by atoms with Crippen molar-refractivity contribution in [3.8, 4) is 0 Å². The van der Waals surface area contributed by atoms with Crippen LogP contribution in [0.3, 0.4) is 0 Å². The summed E-state index contributed by atoms with van der Waals surface area (Å²) in [6.07, 6.45) is 10.8. The molecule has 1 nitrogen and oxygen atoms in total. The SMILES string of the molecule is C=CCCC(=O)C1CC2=C(CCCC2)C1. The molecule has 15 heavy (non-hydrogen) atoms. The van der Waals surface area contributed by atoms with Gasteiger partial charge in [-0.05, 0) is 44.9 Å². The molecule has 0 unspecified atom stereocenters. The summed E-state index contributed by atoms with van der Waals surface area (Å²) >= 11 is 0. The Morgan fingerprint density at radius 2 is 1.87 bits per heavy atom. The third-order valence-corrected chi connectivity index (χ3v) is 3.74. The average Bonchev–Trinajstić information content (AvgIpc) is 2.69. The van der Waals surface area contributed by atoms with Gasteiger partial charge in [0.05, 0.1) is 0 Å². The zero-order valence-electron chi connectivity index (χ0n) is 9.43. The van der Waals surface area contributed by atoms with Crippen molar-refractivity contribution in [3.63, 3.8) is 0 Å². The molecule has 2 rings (SSSR count). The van der Waals surface area contributed by atoms with Crippen molar-refractivity contribution in [2.45, 2.75) is 51.4 Å². The Kier molecular flexibility index (Phi) is 3.40. The van der Waals surface area contributed by atoms with E-state index in [0.29, 0.717) is 18.1 Å². The van der Waals surface area contributed by atoms with Crippen LogP contribution in [-0.4, -0.2) is 5.78 Å². The zero-order valence-corrected chi connectivity index (χ0v) is 9.43. The van der Waals surface area contributed by atoms with Crippen molar-refractivity contribution >= 4 is 5.78 Å². The lowest BCUT2D eigenvalue weighted by atomic mass is 9.94. The monoisotopic (exact) mass is 204 g/mol. The van der Waals surface area contributed by atoms with Gasteiger partial charge in [-0.1, -0.05) is 17.2 Å². The lowest BCUT2D eigenvalue weighted by Gasteiger charge is -2.12. The Balaban J connectivity index is 1.89. The van der Waals surface area contributed by atoms with Crippen LogP contribution in [0.4, 0.5) is 0 Å². The van der Waals surface area contributed by atoms with Crippen LogP contribution < -0.4 is 0 Å². The fourth-order valence-corrected chi connectivity index (χ4v) is 2.87. The van der Waals surface area contributed by atoms with Gasteiger partial charge in [-0.3, -0.25) is 4.79 Å². The number of allylic oxidation sites excluding steroid dienone is 3. The maximum atomic E-state index is 11.9. The Morgan fingerprint density at radius 3 is 2.40 bits per heavy atom. The van der Waals surface area contributed by atoms with Gasteiger partial charge in [0.25, 0.3) is 0 Å². The molecule has 0 bridgehead atoms. The van der Waals surface area contributed by atoms with E-state index in [1.165, 1.54) is 25.7 Å². The van der Waals surface area contributed by atoms with E-state index >= 15 is 0 Å². The Morgan fingerprint density at radius 1 is 1.27 bits per heavy atom.